The zero-order chi connectivity index (χ0) is 26.0. The lowest BCUT2D eigenvalue weighted by Gasteiger charge is -2.25. The van der Waals surface area contributed by atoms with Crippen LogP contribution in [0.25, 0.3) is 16.9 Å². The number of carboxylic acid groups (broad SMARTS) is 1. The molecule has 0 radical (unpaired) electrons. The number of nitrogens with zero attached hydrogens (tertiary/aromatic N) is 2. The Morgan fingerprint density at radius 3 is 2.31 bits per heavy atom. The molecule has 1 atom stereocenters. The molecule has 0 unspecified atom stereocenters. The largest absolute Gasteiger partial charge is 0.480 e. The van der Waals surface area contributed by atoms with Gasteiger partial charge in [-0.2, -0.15) is 0 Å². The van der Waals surface area contributed by atoms with E-state index in [4.69, 9.17) is 5.73 Å². The number of aromatic nitrogens is 1. The molecule has 2 aromatic carbocycles. The lowest BCUT2D eigenvalue weighted by molar-refractivity contribution is -0.757. The monoisotopic (exact) mass is 505 g/mol. The number of aliphatic carboxylic acids is 1. The van der Waals surface area contributed by atoms with Crippen molar-refractivity contribution in [2.45, 2.75) is 30.2 Å². The number of hydrogen-bond donors (Lipinski definition) is 2. The van der Waals surface area contributed by atoms with E-state index in [0.29, 0.717) is 22.6 Å². The van der Waals surface area contributed by atoms with Gasteiger partial charge in [-0.25, -0.2) is 17.6 Å². The molecule has 0 saturated carbocycles. The zero-order valence-electron chi connectivity index (χ0n) is 19.0. The lowest BCUT2D eigenvalue weighted by atomic mass is 9.86. The van der Waals surface area contributed by atoms with Crippen LogP contribution in [-0.4, -0.2) is 42.0 Å². The van der Waals surface area contributed by atoms with E-state index in [0.717, 1.165) is 6.26 Å². The van der Waals surface area contributed by atoms with E-state index in [1.54, 1.807) is 29.7 Å². The molecular formula is C23H24FN3O7S. The average Bonchev–Trinajstić information content (AvgIpc) is 3.14. The summed E-state index contributed by atoms with van der Waals surface area (Å²) in [5, 5.41) is 19.5. The quantitative estimate of drug-likeness (QED) is 0.242. The van der Waals surface area contributed by atoms with Crippen LogP contribution in [0.5, 0.6) is 0 Å². The molecule has 186 valence electrons. The van der Waals surface area contributed by atoms with E-state index in [2.05, 4.69) is 4.84 Å². The molecule has 0 fully saturated rings. The fourth-order valence-electron chi connectivity index (χ4n) is 3.91. The minimum absolute atomic E-state index is 0.00331. The molecule has 3 aromatic rings. The number of hydrogen-bond acceptors (Lipinski definition) is 7. The first-order valence-electron chi connectivity index (χ1n) is 10.4. The van der Waals surface area contributed by atoms with E-state index in [1.165, 1.54) is 36.4 Å². The maximum absolute atomic E-state index is 13.6. The molecule has 0 aliphatic rings. The summed E-state index contributed by atoms with van der Waals surface area (Å²) in [5.74, 6) is -1.79. The van der Waals surface area contributed by atoms with Crippen LogP contribution >= 0.6 is 0 Å². The van der Waals surface area contributed by atoms with Crippen molar-refractivity contribution < 1.29 is 32.6 Å². The Balaban J connectivity index is 2.17. The van der Waals surface area contributed by atoms with Crippen LogP contribution in [0.1, 0.15) is 24.1 Å². The van der Waals surface area contributed by atoms with Crippen LogP contribution in [0.15, 0.2) is 59.5 Å². The molecule has 0 spiro atoms. The number of carboxylic acids is 1. The Morgan fingerprint density at radius 1 is 1.20 bits per heavy atom. The summed E-state index contributed by atoms with van der Waals surface area (Å²) in [6, 6.07) is 13.2. The molecule has 0 aliphatic carbocycles. The smallest absolute Gasteiger partial charge is 0.328 e. The standard InChI is InChI=1S/C23H24FN3O7S/c1-15-20(23(25,22(28)29)12-3-13-34-27(30)31)14-21(26(15)18-8-6-17(24)7-9-18)16-4-10-19(11-5-16)35(2,32)33/h4-11,14H,3,12-13,25H2,1-2H3,(H,28,29)/t23-/m1/s1. The zero-order valence-corrected chi connectivity index (χ0v) is 19.8. The highest BCUT2D eigenvalue weighted by Crippen LogP contribution is 2.36. The van der Waals surface area contributed by atoms with Crippen molar-refractivity contribution in [2.75, 3.05) is 12.9 Å². The van der Waals surface area contributed by atoms with Gasteiger partial charge in [-0.05, 0) is 67.8 Å². The molecule has 0 amide bonds. The molecule has 3 rings (SSSR count). The second-order valence-electron chi connectivity index (χ2n) is 8.07. The molecule has 35 heavy (non-hydrogen) atoms. The van der Waals surface area contributed by atoms with Gasteiger partial charge >= 0.3 is 5.97 Å². The molecule has 0 saturated heterocycles. The topological polar surface area (TPSA) is 155 Å². The summed E-state index contributed by atoms with van der Waals surface area (Å²) in [6.07, 6.45) is 0.935. The highest BCUT2D eigenvalue weighted by atomic mass is 32.2. The number of benzene rings is 2. The first-order valence-corrected chi connectivity index (χ1v) is 12.3. The van der Waals surface area contributed by atoms with Crippen molar-refractivity contribution in [3.63, 3.8) is 0 Å². The third-order valence-electron chi connectivity index (χ3n) is 5.68. The highest BCUT2D eigenvalue weighted by Gasteiger charge is 2.39. The summed E-state index contributed by atoms with van der Waals surface area (Å²) in [7, 11) is -3.43. The van der Waals surface area contributed by atoms with Crippen molar-refractivity contribution >= 4 is 15.8 Å². The maximum atomic E-state index is 13.6. The SMILES string of the molecule is Cc1c([C@](N)(CCCO[N+](=O)[O-])C(=O)O)cc(-c2ccc(S(C)(=O)=O)cc2)n1-c1ccc(F)cc1. The minimum atomic E-state index is -3.43. The van der Waals surface area contributed by atoms with Gasteiger partial charge in [-0.1, -0.05) is 12.1 Å². The van der Waals surface area contributed by atoms with Crippen molar-refractivity contribution in [3.05, 3.63) is 81.8 Å². The number of halogens is 1. The van der Waals surface area contributed by atoms with Gasteiger partial charge in [0.05, 0.1) is 17.2 Å². The Labute approximate surface area is 200 Å². The Hall–Kier alpha value is -3.77. The van der Waals surface area contributed by atoms with Crippen molar-refractivity contribution in [1.29, 1.82) is 0 Å². The van der Waals surface area contributed by atoms with Gasteiger partial charge in [0.2, 0.25) is 0 Å². The average molecular weight is 506 g/mol. The maximum Gasteiger partial charge on any atom is 0.328 e. The number of rotatable bonds is 10. The Morgan fingerprint density at radius 2 is 1.80 bits per heavy atom. The first kappa shape index (κ1) is 25.8. The van der Waals surface area contributed by atoms with Gasteiger partial charge in [0.1, 0.15) is 11.4 Å². The van der Waals surface area contributed by atoms with Crippen LogP contribution < -0.4 is 5.73 Å². The molecule has 1 heterocycles. The molecular weight excluding hydrogens is 481 g/mol. The van der Waals surface area contributed by atoms with Gasteiger partial charge < -0.3 is 20.2 Å². The van der Waals surface area contributed by atoms with Crippen molar-refractivity contribution in [2.24, 2.45) is 5.73 Å². The summed E-state index contributed by atoms with van der Waals surface area (Å²) < 4.78 is 39.0. The summed E-state index contributed by atoms with van der Waals surface area (Å²) >= 11 is 0. The van der Waals surface area contributed by atoms with Gasteiger partial charge in [0.25, 0.3) is 5.09 Å². The number of sulfone groups is 1. The van der Waals surface area contributed by atoms with Crippen LogP contribution in [0.2, 0.25) is 0 Å². The molecule has 3 N–H and O–H groups in total. The number of nitrogens with two attached hydrogens (primary N) is 1. The van der Waals surface area contributed by atoms with E-state index in [1.807, 2.05) is 0 Å². The van der Waals surface area contributed by atoms with Crippen LogP contribution in [-0.2, 0) is 25.0 Å². The second kappa shape index (κ2) is 9.84. The Bertz CT molecular complexity index is 1350. The van der Waals surface area contributed by atoms with E-state index in [-0.39, 0.29) is 29.9 Å². The first-order chi connectivity index (χ1) is 16.3. The third-order valence-corrected chi connectivity index (χ3v) is 6.81. The number of carbonyl (C=O) groups is 1. The summed E-state index contributed by atoms with van der Waals surface area (Å²) in [5.41, 5.74) is 6.75. The van der Waals surface area contributed by atoms with Crippen LogP contribution in [0.4, 0.5) is 4.39 Å². The van der Waals surface area contributed by atoms with Gasteiger partial charge in [-0.15, -0.1) is 10.1 Å². The van der Waals surface area contributed by atoms with E-state index >= 15 is 0 Å². The lowest BCUT2D eigenvalue weighted by Crippen LogP contribution is -2.45. The summed E-state index contributed by atoms with van der Waals surface area (Å²) in [6.45, 7) is 1.34. The second-order valence-corrected chi connectivity index (χ2v) is 10.1. The highest BCUT2D eigenvalue weighted by molar-refractivity contribution is 7.90. The molecule has 10 nitrogen and oxygen atoms in total. The molecule has 0 bridgehead atoms. The minimum Gasteiger partial charge on any atom is -0.480 e. The summed E-state index contributed by atoms with van der Waals surface area (Å²) in [4.78, 5) is 27.1. The van der Waals surface area contributed by atoms with Crippen molar-refractivity contribution in [1.82, 2.24) is 4.57 Å². The van der Waals surface area contributed by atoms with Gasteiger partial charge in [-0.3, -0.25) is 0 Å². The molecule has 1 aromatic heterocycles. The Kier molecular flexibility index (Phi) is 7.27. The van der Waals surface area contributed by atoms with Crippen LogP contribution in [0.3, 0.4) is 0 Å². The van der Waals surface area contributed by atoms with Gasteiger partial charge in [0.15, 0.2) is 9.84 Å². The van der Waals surface area contributed by atoms with Crippen LogP contribution in [0, 0.1) is 22.9 Å². The molecule has 12 heteroatoms. The normalized spacial score (nSPS) is 13.3. The van der Waals surface area contributed by atoms with E-state index < -0.39 is 32.2 Å². The predicted molar refractivity (Wildman–Crippen MR) is 125 cm³/mol. The third kappa shape index (κ3) is 5.49. The fraction of sp³-hybridized carbons (Fsp3) is 0.261. The fourth-order valence-corrected chi connectivity index (χ4v) is 4.54. The predicted octanol–water partition coefficient (Wildman–Crippen LogP) is 3.22. The van der Waals surface area contributed by atoms with E-state index in [9.17, 15) is 32.8 Å². The molecule has 0 aliphatic heterocycles. The van der Waals surface area contributed by atoms with Crippen molar-refractivity contribution in [3.8, 4) is 16.9 Å². The van der Waals surface area contributed by atoms with Gasteiger partial charge in [0, 0.05) is 23.2 Å².